The average Bonchev–Trinajstić information content (AvgIpc) is 3.19. The lowest BCUT2D eigenvalue weighted by Gasteiger charge is -2.11. The number of fused-ring (bicyclic) bond motifs is 1. The van der Waals surface area contributed by atoms with Crippen molar-refractivity contribution in [1.82, 2.24) is 4.57 Å². The van der Waals surface area contributed by atoms with Gasteiger partial charge in [0.25, 0.3) is 15.9 Å². The summed E-state index contributed by atoms with van der Waals surface area (Å²) in [5.74, 6) is -0.631. The van der Waals surface area contributed by atoms with Gasteiger partial charge in [-0.3, -0.25) is 14.3 Å². The number of esters is 1. The van der Waals surface area contributed by atoms with Crippen LogP contribution in [0.15, 0.2) is 70.6 Å². The monoisotopic (exact) mass is 539 g/mol. The highest BCUT2D eigenvalue weighted by Crippen LogP contribution is 2.24. The van der Waals surface area contributed by atoms with Crippen molar-refractivity contribution in [3.63, 3.8) is 0 Å². The van der Waals surface area contributed by atoms with E-state index in [0.29, 0.717) is 10.6 Å². The van der Waals surface area contributed by atoms with Gasteiger partial charge in [-0.25, -0.2) is 8.42 Å². The Morgan fingerprint density at radius 2 is 1.68 bits per heavy atom. The zero-order valence-electron chi connectivity index (χ0n) is 20.6. The molecule has 0 atom stereocenters. The van der Waals surface area contributed by atoms with Crippen LogP contribution < -0.4 is 14.3 Å². The summed E-state index contributed by atoms with van der Waals surface area (Å²) in [6.45, 7) is 3.81. The van der Waals surface area contributed by atoms with Gasteiger partial charge >= 0.3 is 5.97 Å². The molecule has 0 aliphatic heterocycles. The van der Waals surface area contributed by atoms with Crippen LogP contribution in [0.4, 0.5) is 5.69 Å². The summed E-state index contributed by atoms with van der Waals surface area (Å²) in [6, 6.07) is 16.0. The van der Waals surface area contributed by atoms with E-state index >= 15 is 0 Å². The van der Waals surface area contributed by atoms with Crippen LogP contribution in [-0.2, 0) is 26.1 Å². The molecule has 37 heavy (non-hydrogen) atoms. The third kappa shape index (κ3) is 5.57. The van der Waals surface area contributed by atoms with Gasteiger partial charge in [-0.05, 0) is 73.5 Å². The molecule has 9 nitrogen and oxygen atoms in total. The first-order chi connectivity index (χ1) is 17.6. The Morgan fingerprint density at radius 3 is 2.35 bits per heavy atom. The molecule has 1 aromatic heterocycles. The van der Waals surface area contributed by atoms with Crippen LogP contribution in [0.25, 0.3) is 10.2 Å². The molecule has 11 heteroatoms. The lowest BCUT2D eigenvalue weighted by atomic mass is 10.1. The normalized spacial score (nSPS) is 11.9. The largest absolute Gasteiger partial charge is 0.497 e. The highest BCUT2D eigenvalue weighted by molar-refractivity contribution is 7.92. The number of carbonyl (C=O) groups is 2. The molecule has 1 heterocycles. The molecule has 1 amide bonds. The second-order valence-corrected chi connectivity index (χ2v) is 10.9. The van der Waals surface area contributed by atoms with Crippen LogP contribution in [-0.4, -0.2) is 39.1 Å². The van der Waals surface area contributed by atoms with Crippen LogP contribution in [0, 0.1) is 13.8 Å². The first kappa shape index (κ1) is 26.1. The van der Waals surface area contributed by atoms with Crippen molar-refractivity contribution < 1.29 is 27.5 Å². The first-order valence-electron chi connectivity index (χ1n) is 11.2. The minimum absolute atomic E-state index is 0.0126. The minimum atomic E-state index is -3.99. The minimum Gasteiger partial charge on any atom is -0.497 e. The number of sulfonamides is 1. The second kappa shape index (κ2) is 10.6. The Kier molecular flexibility index (Phi) is 7.46. The molecule has 0 bridgehead atoms. The molecular weight excluding hydrogens is 514 g/mol. The smallest absolute Gasteiger partial charge is 0.325 e. The maximum atomic E-state index is 13.3. The lowest BCUT2D eigenvalue weighted by Crippen LogP contribution is -2.23. The highest BCUT2D eigenvalue weighted by Gasteiger charge is 2.20. The van der Waals surface area contributed by atoms with E-state index in [9.17, 15) is 18.0 Å². The number of methoxy groups -OCH3 is 2. The number of carbonyl (C=O) groups excluding carboxylic acids is 2. The Balaban J connectivity index is 1.76. The van der Waals surface area contributed by atoms with Crippen LogP contribution in [0.2, 0.25) is 0 Å². The zero-order valence-corrected chi connectivity index (χ0v) is 22.3. The van der Waals surface area contributed by atoms with Crippen molar-refractivity contribution in [3.8, 4) is 5.75 Å². The van der Waals surface area contributed by atoms with E-state index < -0.39 is 21.9 Å². The SMILES string of the molecule is COC(=O)Cn1c(=NC(=O)c2ccccc2NS(=O)(=O)c2ccc(OC)cc2)sc2cc(C)c(C)cc21. The predicted molar refractivity (Wildman–Crippen MR) is 141 cm³/mol. The maximum absolute atomic E-state index is 13.3. The number of nitrogens with one attached hydrogen (secondary N) is 1. The molecule has 0 aliphatic carbocycles. The number of thiazole rings is 1. The summed E-state index contributed by atoms with van der Waals surface area (Å²) in [4.78, 5) is 30.0. The van der Waals surface area contributed by atoms with Crippen molar-refractivity contribution in [1.29, 1.82) is 0 Å². The number of ether oxygens (including phenoxy) is 2. The van der Waals surface area contributed by atoms with Gasteiger partial charge in [0.15, 0.2) is 4.80 Å². The van der Waals surface area contributed by atoms with Gasteiger partial charge in [0, 0.05) is 0 Å². The van der Waals surface area contributed by atoms with E-state index in [-0.39, 0.29) is 22.7 Å². The molecular formula is C26H25N3O6S2. The lowest BCUT2D eigenvalue weighted by molar-refractivity contribution is -0.141. The summed E-state index contributed by atoms with van der Waals surface area (Å²) in [5, 5.41) is 0. The fourth-order valence-corrected chi connectivity index (χ4v) is 5.81. The number of anilines is 1. The van der Waals surface area contributed by atoms with Crippen LogP contribution in [0.5, 0.6) is 5.75 Å². The van der Waals surface area contributed by atoms with Crippen LogP contribution in [0.3, 0.4) is 0 Å². The van der Waals surface area contributed by atoms with Gasteiger partial charge in [0.05, 0.1) is 40.6 Å². The predicted octanol–water partition coefficient (Wildman–Crippen LogP) is 4.04. The standard InChI is InChI=1S/C26H25N3O6S2/c1-16-13-22-23(14-17(16)2)36-26(29(22)15-24(30)35-4)27-25(31)20-7-5-6-8-21(20)28-37(32,33)19-11-9-18(34-3)10-12-19/h5-14,28H,15H2,1-4H3. The number of aryl methyl sites for hydroxylation is 2. The number of hydrogen-bond donors (Lipinski definition) is 1. The second-order valence-electron chi connectivity index (χ2n) is 8.19. The Bertz CT molecular complexity index is 1670. The van der Waals surface area contributed by atoms with E-state index in [1.165, 1.54) is 62.0 Å². The number of para-hydroxylation sites is 1. The van der Waals surface area contributed by atoms with E-state index in [0.717, 1.165) is 21.3 Å². The fourth-order valence-electron chi connectivity index (χ4n) is 3.62. The Labute approximate surface area is 218 Å². The molecule has 0 unspecified atom stereocenters. The number of amides is 1. The fraction of sp³-hybridized carbons (Fsp3) is 0.192. The molecule has 0 aliphatic rings. The molecule has 0 spiro atoms. The van der Waals surface area contributed by atoms with Gasteiger partial charge in [-0.1, -0.05) is 23.5 Å². The molecule has 0 saturated heterocycles. The van der Waals surface area contributed by atoms with Gasteiger partial charge in [-0.15, -0.1) is 0 Å². The molecule has 192 valence electrons. The summed E-state index contributed by atoms with van der Waals surface area (Å²) in [6.07, 6.45) is 0. The van der Waals surface area contributed by atoms with Crippen molar-refractivity contribution in [2.75, 3.05) is 18.9 Å². The topological polar surface area (TPSA) is 116 Å². The van der Waals surface area contributed by atoms with Crippen LogP contribution in [0.1, 0.15) is 21.5 Å². The molecule has 3 aromatic carbocycles. The molecule has 0 saturated carbocycles. The van der Waals surface area contributed by atoms with E-state index in [1.807, 2.05) is 26.0 Å². The Morgan fingerprint density at radius 1 is 1.00 bits per heavy atom. The number of nitrogens with zero attached hydrogens (tertiary/aromatic N) is 2. The summed E-state index contributed by atoms with van der Waals surface area (Å²) in [7, 11) is -1.21. The van der Waals surface area contributed by atoms with Crippen molar-refractivity contribution in [3.05, 3.63) is 82.2 Å². The van der Waals surface area contributed by atoms with Crippen molar-refractivity contribution >= 4 is 49.1 Å². The van der Waals surface area contributed by atoms with E-state index in [4.69, 9.17) is 9.47 Å². The summed E-state index contributed by atoms with van der Waals surface area (Å²) < 4.78 is 40.8. The maximum Gasteiger partial charge on any atom is 0.325 e. The molecule has 0 fully saturated rings. The zero-order chi connectivity index (χ0) is 26.7. The molecule has 0 radical (unpaired) electrons. The van der Waals surface area contributed by atoms with Crippen LogP contribution >= 0.6 is 11.3 Å². The quantitative estimate of drug-likeness (QED) is 0.354. The first-order valence-corrected chi connectivity index (χ1v) is 13.5. The molecule has 1 N–H and O–H groups in total. The van der Waals surface area contributed by atoms with E-state index in [1.54, 1.807) is 16.7 Å². The van der Waals surface area contributed by atoms with Gasteiger partial charge in [-0.2, -0.15) is 4.99 Å². The average molecular weight is 540 g/mol. The third-order valence-corrected chi connectivity index (χ3v) is 8.20. The number of hydrogen-bond acceptors (Lipinski definition) is 7. The molecule has 4 aromatic rings. The summed E-state index contributed by atoms with van der Waals surface area (Å²) in [5.41, 5.74) is 2.99. The summed E-state index contributed by atoms with van der Waals surface area (Å²) >= 11 is 1.26. The van der Waals surface area contributed by atoms with Crippen molar-refractivity contribution in [2.24, 2.45) is 4.99 Å². The number of rotatable bonds is 7. The van der Waals surface area contributed by atoms with Gasteiger partial charge in [0.1, 0.15) is 12.3 Å². The van der Waals surface area contributed by atoms with Gasteiger partial charge < -0.3 is 14.0 Å². The highest BCUT2D eigenvalue weighted by atomic mass is 32.2. The van der Waals surface area contributed by atoms with Gasteiger partial charge in [0.2, 0.25) is 0 Å². The number of benzene rings is 3. The number of aromatic nitrogens is 1. The van der Waals surface area contributed by atoms with E-state index in [2.05, 4.69) is 9.71 Å². The molecule has 4 rings (SSSR count). The van der Waals surface area contributed by atoms with Crippen molar-refractivity contribution in [2.45, 2.75) is 25.3 Å². The Hall–Kier alpha value is -3.96. The third-order valence-electron chi connectivity index (χ3n) is 5.78.